The Kier molecular flexibility index (Phi) is 4.15. The van der Waals surface area contributed by atoms with Crippen molar-refractivity contribution >= 4 is 23.2 Å². The number of fused-ring (bicyclic) bond motifs is 1. The molecule has 1 fully saturated rings. The number of amides is 1. The van der Waals surface area contributed by atoms with Crippen LogP contribution in [0.3, 0.4) is 0 Å². The van der Waals surface area contributed by atoms with Gasteiger partial charge in [-0.2, -0.15) is 4.98 Å². The van der Waals surface area contributed by atoms with Gasteiger partial charge >= 0.3 is 6.09 Å². The molecular formula is C17H23N3O3. The van der Waals surface area contributed by atoms with Gasteiger partial charge in [-0.05, 0) is 45.7 Å². The van der Waals surface area contributed by atoms with Gasteiger partial charge in [0.2, 0.25) is 0 Å². The summed E-state index contributed by atoms with van der Waals surface area (Å²) in [4.78, 5) is 18.5. The van der Waals surface area contributed by atoms with Crippen LogP contribution in [0.4, 0.5) is 10.8 Å². The lowest BCUT2D eigenvalue weighted by Gasteiger charge is -2.32. The number of benzene rings is 1. The van der Waals surface area contributed by atoms with Crippen LogP contribution in [0, 0.1) is 0 Å². The highest BCUT2D eigenvalue weighted by atomic mass is 16.6. The molecule has 124 valence electrons. The van der Waals surface area contributed by atoms with E-state index < -0.39 is 5.60 Å². The van der Waals surface area contributed by atoms with E-state index in [0.717, 1.165) is 30.5 Å². The monoisotopic (exact) mass is 317 g/mol. The molecule has 1 aliphatic rings. The Hall–Kier alpha value is -2.24. The van der Waals surface area contributed by atoms with Gasteiger partial charge in [0.1, 0.15) is 11.1 Å². The van der Waals surface area contributed by atoms with E-state index >= 15 is 0 Å². The maximum atomic E-state index is 11.9. The number of hydrogen-bond acceptors (Lipinski definition) is 5. The quantitative estimate of drug-likeness (QED) is 0.920. The van der Waals surface area contributed by atoms with Crippen molar-refractivity contribution in [3.05, 3.63) is 24.3 Å². The third-order valence-electron chi connectivity index (χ3n) is 3.70. The smallest absolute Gasteiger partial charge is 0.407 e. The summed E-state index contributed by atoms with van der Waals surface area (Å²) in [6, 6.07) is 8.36. The van der Waals surface area contributed by atoms with Gasteiger partial charge in [-0.1, -0.05) is 12.1 Å². The van der Waals surface area contributed by atoms with Gasteiger partial charge in [-0.3, -0.25) is 0 Å². The van der Waals surface area contributed by atoms with E-state index in [0.29, 0.717) is 12.6 Å². The number of nitrogens with zero attached hydrogens (tertiary/aromatic N) is 2. The number of rotatable bonds is 2. The third kappa shape index (κ3) is 3.94. The van der Waals surface area contributed by atoms with E-state index in [-0.39, 0.29) is 12.1 Å². The van der Waals surface area contributed by atoms with Crippen molar-refractivity contribution < 1.29 is 13.9 Å². The Morgan fingerprint density at radius 1 is 1.39 bits per heavy atom. The molecule has 23 heavy (non-hydrogen) atoms. The molecule has 0 aliphatic carbocycles. The molecule has 0 spiro atoms. The molecule has 1 aromatic carbocycles. The molecule has 1 saturated heterocycles. The fraction of sp³-hybridized carbons (Fsp3) is 0.529. The first-order valence-corrected chi connectivity index (χ1v) is 8.01. The van der Waals surface area contributed by atoms with E-state index in [2.05, 4.69) is 15.2 Å². The van der Waals surface area contributed by atoms with Crippen LogP contribution in [-0.4, -0.2) is 35.8 Å². The number of carbonyl (C=O) groups is 1. The Morgan fingerprint density at radius 2 is 2.17 bits per heavy atom. The van der Waals surface area contributed by atoms with Crippen molar-refractivity contribution in [3.63, 3.8) is 0 Å². The molecule has 0 unspecified atom stereocenters. The number of alkyl carbamates (subject to hydrolysis) is 1. The molecule has 3 rings (SSSR count). The minimum atomic E-state index is -0.487. The highest BCUT2D eigenvalue weighted by molar-refractivity contribution is 5.74. The summed E-state index contributed by atoms with van der Waals surface area (Å²) in [7, 11) is 0. The van der Waals surface area contributed by atoms with Crippen LogP contribution in [0.1, 0.15) is 33.6 Å². The molecule has 0 saturated carbocycles. The molecule has 1 atom stereocenters. The summed E-state index contributed by atoms with van der Waals surface area (Å²) in [5.41, 5.74) is 1.15. The normalized spacial score (nSPS) is 18.9. The zero-order valence-corrected chi connectivity index (χ0v) is 13.8. The summed E-state index contributed by atoms with van der Waals surface area (Å²) in [6.45, 7) is 7.12. The highest BCUT2D eigenvalue weighted by Gasteiger charge is 2.26. The van der Waals surface area contributed by atoms with E-state index in [1.54, 1.807) is 0 Å². The topological polar surface area (TPSA) is 67.6 Å². The molecule has 2 aromatic rings. The largest absolute Gasteiger partial charge is 0.444 e. The number of ether oxygens (including phenoxy) is 1. The summed E-state index contributed by atoms with van der Waals surface area (Å²) in [6.07, 6.45) is 1.52. The average molecular weight is 317 g/mol. The van der Waals surface area contributed by atoms with Gasteiger partial charge in [0.15, 0.2) is 5.58 Å². The van der Waals surface area contributed by atoms with E-state index in [1.165, 1.54) is 0 Å². The Morgan fingerprint density at radius 3 is 2.91 bits per heavy atom. The number of carbonyl (C=O) groups excluding carboxylic acids is 1. The fourth-order valence-electron chi connectivity index (χ4n) is 2.74. The van der Waals surface area contributed by atoms with E-state index in [1.807, 2.05) is 45.0 Å². The summed E-state index contributed by atoms with van der Waals surface area (Å²) >= 11 is 0. The number of oxazole rings is 1. The maximum absolute atomic E-state index is 11.9. The molecule has 0 bridgehead atoms. The average Bonchev–Trinajstić information content (AvgIpc) is 2.89. The van der Waals surface area contributed by atoms with Crippen molar-refractivity contribution in [3.8, 4) is 0 Å². The second-order valence-electron chi connectivity index (χ2n) is 6.90. The van der Waals surface area contributed by atoms with Gasteiger partial charge in [-0.25, -0.2) is 4.79 Å². The van der Waals surface area contributed by atoms with Gasteiger partial charge in [0.05, 0.1) is 0 Å². The number of nitrogens with one attached hydrogen (secondary N) is 1. The Labute approximate surface area is 135 Å². The predicted octanol–water partition coefficient (Wildman–Crippen LogP) is 3.32. The number of aromatic nitrogens is 1. The van der Waals surface area contributed by atoms with Gasteiger partial charge in [-0.15, -0.1) is 0 Å². The summed E-state index contributed by atoms with van der Waals surface area (Å²) < 4.78 is 11.1. The molecule has 1 aromatic heterocycles. The lowest BCUT2D eigenvalue weighted by atomic mass is 10.1. The van der Waals surface area contributed by atoms with Crippen LogP contribution in [0.15, 0.2) is 28.7 Å². The second-order valence-corrected chi connectivity index (χ2v) is 6.90. The molecule has 6 nitrogen and oxygen atoms in total. The molecule has 2 heterocycles. The van der Waals surface area contributed by atoms with Crippen molar-refractivity contribution in [1.82, 2.24) is 10.3 Å². The van der Waals surface area contributed by atoms with Crippen molar-refractivity contribution in [2.75, 3.05) is 18.0 Å². The molecular weight excluding hydrogens is 294 g/mol. The number of hydrogen-bond donors (Lipinski definition) is 1. The van der Waals surface area contributed by atoms with Crippen LogP contribution in [-0.2, 0) is 4.74 Å². The first-order chi connectivity index (χ1) is 10.9. The third-order valence-corrected chi connectivity index (χ3v) is 3.70. The Balaban J connectivity index is 1.65. The molecule has 6 heteroatoms. The molecule has 0 radical (unpaired) electrons. The highest BCUT2D eigenvalue weighted by Crippen LogP contribution is 2.24. The Bertz CT molecular complexity index is 657. The zero-order chi connectivity index (χ0) is 16.4. The SMILES string of the molecule is CC(C)(C)OC(=O)N[C@@H]1CCCN(c2nc3ccccc3o2)C1. The zero-order valence-electron chi connectivity index (χ0n) is 13.8. The lowest BCUT2D eigenvalue weighted by molar-refractivity contribution is 0.0499. The van der Waals surface area contributed by atoms with E-state index in [9.17, 15) is 4.79 Å². The maximum Gasteiger partial charge on any atom is 0.407 e. The van der Waals surface area contributed by atoms with Crippen LogP contribution < -0.4 is 10.2 Å². The second kappa shape index (κ2) is 6.10. The van der Waals surface area contributed by atoms with E-state index in [4.69, 9.17) is 9.15 Å². The van der Waals surface area contributed by atoms with Crippen LogP contribution in [0.25, 0.3) is 11.1 Å². The summed E-state index contributed by atoms with van der Waals surface area (Å²) in [5.74, 6) is 0. The number of piperidine rings is 1. The van der Waals surface area contributed by atoms with Crippen LogP contribution in [0.2, 0.25) is 0 Å². The first-order valence-electron chi connectivity index (χ1n) is 8.01. The number of para-hydroxylation sites is 2. The minimum absolute atomic E-state index is 0.0358. The lowest BCUT2D eigenvalue weighted by Crippen LogP contribution is -2.49. The van der Waals surface area contributed by atoms with Gasteiger partial charge < -0.3 is 19.4 Å². The molecule has 1 amide bonds. The minimum Gasteiger partial charge on any atom is -0.444 e. The van der Waals surface area contributed by atoms with Crippen LogP contribution in [0.5, 0.6) is 0 Å². The van der Waals surface area contributed by atoms with Gasteiger partial charge in [0, 0.05) is 19.1 Å². The first kappa shape index (κ1) is 15.6. The summed E-state index contributed by atoms with van der Waals surface area (Å²) in [5, 5.41) is 2.94. The van der Waals surface area contributed by atoms with Crippen molar-refractivity contribution in [1.29, 1.82) is 0 Å². The molecule has 1 N–H and O–H groups in total. The molecule has 1 aliphatic heterocycles. The van der Waals surface area contributed by atoms with Gasteiger partial charge in [0.25, 0.3) is 6.01 Å². The van der Waals surface area contributed by atoms with Crippen molar-refractivity contribution in [2.45, 2.75) is 45.3 Å². The van der Waals surface area contributed by atoms with Crippen LogP contribution >= 0.6 is 0 Å². The fourth-order valence-corrected chi connectivity index (χ4v) is 2.74. The predicted molar refractivity (Wildman–Crippen MR) is 88.6 cm³/mol. The standard InChI is InChI=1S/C17H23N3O3/c1-17(2,3)23-16(21)18-12-7-6-10-20(11-12)15-19-13-8-4-5-9-14(13)22-15/h4-5,8-9,12H,6-7,10-11H2,1-3H3,(H,18,21)/t12-/m1/s1. The number of anilines is 1. The van der Waals surface area contributed by atoms with Crippen molar-refractivity contribution in [2.24, 2.45) is 0 Å².